The van der Waals surface area contributed by atoms with E-state index in [1.54, 1.807) is 6.20 Å². The van der Waals surface area contributed by atoms with Gasteiger partial charge in [0.2, 0.25) is 0 Å². The zero-order valence-electron chi connectivity index (χ0n) is 7.61. The van der Waals surface area contributed by atoms with E-state index in [4.69, 9.17) is 10.3 Å². The molecule has 0 bridgehead atoms. The second-order valence-electron chi connectivity index (χ2n) is 3.16. The van der Waals surface area contributed by atoms with Crippen molar-refractivity contribution in [2.45, 2.75) is 19.9 Å². The SMILES string of the molecule is Cc1noc2cc(C(C)N)ncc12. The fourth-order valence-corrected chi connectivity index (χ4v) is 1.22. The molecule has 13 heavy (non-hydrogen) atoms. The molecule has 0 aromatic carbocycles. The minimum atomic E-state index is -0.0743. The summed E-state index contributed by atoms with van der Waals surface area (Å²) in [5, 5.41) is 4.79. The molecule has 0 aliphatic heterocycles. The minimum Gasteiger partial charge on any atom is -0.356 e. The van der Waals surface area contributed by atoms with Crippen molar-refractivity contribution in [3.8, 4) is 0 Å². The number of nitrogens with two attached hydrogens (primary N) is 1. The van der Waals surface area contributed by atoms with Crippen molar-refractivity contribution in [1.29, 1.82) is 0 Å². The summed E-state index contributed by atoms with van der Waals surface area (Å²) in [5.41, 5.74) is 8.12. The number of hydrogen-bond acceptors (Lipinski definition) is 4. The van der Waals surface area contributed by atoms with Crippen LogP contribution in [0.3, 0.4) is 0 Å². The molecule has 2 aromatic heterocycles. The van der Waals surface area contributed by atoms with Crippen LogP contribution >= 0.6 is 0 Å². The monoisotopic (exact) mass is 177 g/mol. The predicted octanol–water partition coefficient (Wildman–Crippen LogP) is 1.55. The fourth-order valence-electron chi connectivity index (χ4n) is 1.22. The number of pyridine rings is 1. The van der Waals surface area contributed by atoms with Gasteiger partial charge in [-0.1, -0.05) is 5.16 Å². The standard InChI is InChI=1S/C9H11N3O/c1-5(10)8-3-9-7(4-11-8)6(2)12-13-9/h3-5H,10H2,1-2H3. The molecule has 0 fully saturated rings. The first kappa shape index (κ1) is 8.19. The maximum Gasteiger partial charge on any atom is 0.170 e. The van der Waals surface area contributed by atoms with Gasteiger partial charge in [-0.15, -0.1) is 0 Å². The summed E-state index contributed by atoms with van der Waals surface area (Å²) in [7, 11) is 0. The van der Waals surface area contributed by atoms with Gasteiger partial charge < -0.3 is 10.3 Å². The van der Waals surface area contributed by atoms with E-state index in [9.17, 15) is 0 Å². The molecule has 2 N–H and O–H groups in total. The third-order valence-corrected chi connectivity index (χ3v) is 2.02. The lowest BCUT2D eigenvalue weighted by molar-refractivity contribution is 0.450. The first-order valence-corrected chi connectivity index (χ1v) is 4.16. The van der Waals surface area contributed by atoms with Crippen LogP contribution in [0.25, 0.3) is 11.0 Å². The van der Waals surface area contributed by atoms with Crippen molar-refractivity contribution in [2.75, 3.05) is 0 Å². The number of nitrogens with zero attached hydrogens (tertiary/aromatic N) is 2. The Morgan fingerprint density at radius 1 is 1.54 bits per heavy atom. The molecule has 0 radical (unpaired) electrons. The molecule has 0 saturated heterocycles. The zero-order valence-corrected chi connectivity index (χ0v) is 7.61. The van der Waals surface area contributed by atoms with E-state index in [1.807, 2.05) is 19.9 Å². The van der Waals surface area contributed by atoms with Crippen molar-refractivity contribution in [2.24, 2.45) is 5.73 Å². The van der Waals surface area contributed by atoms with Gasteiger partial charge in [-0.05, 0) is 13.8 Å². The number of fused-ring (bicyclic) bond motifs is 1. The molecule has 0 aliphatic rings. The molecule has 0 amide bonds. The molecule has 68 valence electrons. The molecule has 1 atom stereocenters. The van der Waals surface area contributed by atoms with Crippen molar-refractivity contribution >= 4 is 11.0 Å². The van der Waals surface area contributed by atoms with Crippen molar-refractivity contribution in [3.05, 3.63) is 23.7 Å². The van der Waals surface area contributed by atoms with Crippen LogP contribution in [0.4, 0.5) is 0 Å². The van der Waals surface area contributed by atoms with Crippen LogP contribution in [0.1, 0.15) is 24.4 Å². The summed E-state index contributed by atoms with van der Waals surface area (Å²) >= 11 is 0. The Balaban J connectivity index is 2.63. The zero-order chi connectivity index (χ0) is 9.42. The normalized spacial score (nSPS) is 13.5. The Kier molecular flexibility index (Phi) is 1.77. The van der Waals surface area contributed by atoms with Crippen LogP contribution in [0.2, 0.25) is 0 Å². The van der Waals surface area contributed by atoms with E-state index in [-0.39, 0.29) is 6.04 Å². The van der Waals surface area contributed by atoms with E-state index in [0.29, 0.717) is 0 Å². The average Bonchev–Trinajstić information content (AvgIpc) is 2.47. The number of aryl methyl sites for hydroxylation is 1. The number of aromatic nitrogens is 2. The molecule has 4 heteroatoms. The summed E-state index contributed by atoms with van der Waals surface area (Å²) in [4.78, 5) is 4.21. The molecule has 2 rings (SSSR count). The molecule has 4 nitrogen and oxygen atoms in total. The van der Waals surface area contributed by atoms with Crippen LogP contribution in [0.15, 0.2) is 16.8 Å². The first-order chi connectivity index (χ1) is 6.18. The summed E-state index contributed by atoms with van der Waals surface area (Å²) in [6, 6.07) is 1.76. The van der Waals surface area contributed by atoms with Crippen molar-refractivity contribution in [3.63, 3.8) is 0 Å². The lowest BCUT2D eigenvalue weighted by Gasteiger charge is -2.01. The lowest BCUT2D eigenvalue weighted by atomic mass is 10.2. The van der Waals surface area contributed by atoms with Gasteiger partial charge in [0.05, 0.1) is 16.8 Å². The van der Waals surface area contributed by atoms with Gasteiger partial charge in [0.25, 0.3) is 0 Å². The van der Waals surface area contributed by atoms with Crippen LogP contribution in [-0.4, -0.2) is 10.1 Å². The van der Waals surface area contributed by atoms with E-state index in [1.165, 1.54) is 0 Å². The summed E-state index contributed by atoms with van der Waals surface area (Å²) in [5.74, 6) is 0. The fraction of sp³-hybridized carbons (Fsp3) is 0.333. The third kappa shape index (κ3) is 1.29. The van der Waals surface area contributed by atoms with Gasteiger partial charge in [0.1, 0.15) is 0 Å². The van der Waals surface area contributed by atoms with Gasteiger partial charge >= 0.3 is 0 Å². The Labute approximate surface area is 75.7 Å². The number of rotatable bonds is 1. The average molecular weight is 177 g/mol. The molecule has 2 aromatic rings. The largest absolute Gasteiger partial charge is 0.356 e. The second kappa shape index (κ2) is 2.81. The molecular formula is C9H11N3O. The van der Waals surface area contributed by atoms with Crippen LogP contribution in [0, 0.1) is 6.92 Å². The molecular weight excluding hydrogens is 166 g/mol. The maximum absolute atomic E-state index is 5.69. The van der Waals surface area contributed by atoms with Crippen molar-refractivity contribution in [1.82, 2.24) is 10.1 Å². The van der Waals surface area contributed by atoms with Crippen molar-refractivity contribution < 1.29 is 4.52 Å². The lowest BCUT2D eigenvalue weighted by Crippen LogP contribution is -2.06. The highest BCUT2D eigenvalue weighted by Crippen LogP contribution is 2.19. The van der Waals surface area contributed by atoms with E-state index < -0.39 is 0 Å². The highest BCUT2D eigenvalue weighted by Gasteiger charge is 2.07. The van der Waals surface area contributed by atoms with Crippen LogP contribution in [-0.2, 0) is 0 Å². The van der Waals surface area contributed by atoms with E-state index in [0.717, 1.165) is 22.4 Å². The summed E-state index contributed by atoms with van der Waals surface area (Å²) < 4.78 is 5.09. The van der Waals surface area contributed by atoms with Gasteiger partial charge in [-0.25, -0.2) is 0 Å². The Morgan fingerprint density at radius 3 is 3.00 bits per heavy atom. The summed E-state index contributed by atoms with van der Waals surface area (Å²) in [6.45, 7) is 3.77. The van der Waals surface area contributed by atoms with Crippen LogP contribution in [0.5, 0.6) is 0 Å². The molecule has 0 saturated carbocycles. The second-order valence-corrected chi connectivity index (χ2v) is 3.16. The van der Waals surface area contributed by atoms with Gasteiger partial charge in [0, 0.05) is 18.3 Å². The predicted molar refractivity (Wildman–Crippen MR) is 49.1 cm³/mol. The maximum atomic E-state index is 5.69. The number of hydrogen-bond donors (Lipinski definition) is 1. The van der Waals surface area contributed by atoms with E-state index >= 15 is 0 Å². The Morgan fingerprint density at radius 2 is 2.31 bits per heavy atom. The Bertz CT molecular complexity index is 433. The summed E-state index contributed by atoms with van der Waals surface area (Å²) in [6.07, 6.45) is 1.75. The molecule has 2 heterocycles. The smallest absolute Gasteiger partial charge is 0.170 e. The van der Waals surface area contributed by atoms with Gasteiger partial charge in [-0.2, -0.15) is 0 Å². The van der Waals surface area contributed by atoms with E-state index in [2.05, 4.69) is 10.1 Å². The van der Waals surface area contributed by atoms with Crippen LogP contribution < -0.4 is 5.73 Å². The van der Waals surface area contributed by atoms with Gasteiger partial charge in [0.15, 0.2) is 5.58 Å². The third-order valence-electron chi connectivity index (χ3n) is 2.02. The highest BCUT2D eigenvalue weighted by molar-refractivity contribution is 5.78. The highest BCUT2D eigenvalue weighted by atomic mass is 16.5. The minimum absolute atomic E-state index is 0.0743. The Hall–Kier alpha value is -1.42. The van der Waals surface area contributed by atoms with Gasteiger partial charge in [-0.3, -0.25) is 4.98 Å². The first-order valence-electron chi connectivity index (χ1n) is 4.16. The quantitative estimate of drug-likeness (QED) is 0.717. The molecule has 1 unspecified atom stereocenters. The topological polar surface area (TPSA) is 64.9 Å². The molecule has 0 aliphatic carbocycles. The molecule has 0 spiro atoms.